The molecule has 2 saturated heterocycles. The minimum absolute atomic E-state index is 0.000865. The molecule has 11 heteroatoms. The predicted molar refractivity (Wildman–Crippen MR) is 185 cm³/mol. The van der Waals surface area contributed by atoms with Crippen molar-refractivity contribution in [1.82, 2.24) is 25.1 Å². The summed E-state index contributed by atoms with van der Waals surface area (Å²) in [5.74, 6) is 1.56. The number of aromatic nitrogens is 3. The number of aliphatic hydroxyl groups excluding tert-OH is 1. The van der Waals surface area contributed by atoms with Crippen LogP contribution < -0.4 is 16.0 Å². The number of nitrogens with one attached hydrogen (secondary N) is 3. The van der Waals surface area contributed by atoms with E-state index in [4.69, 9.17) is 24.6 Å². The summed E-state index contributed by atoms with van der Waals surface area (Å²) < 4.78 is 0. The lowest BCUT2D eigenvalue weighted by atomic mass is 9.79. The van der Waals surface area contributed by atoms with Crippen LogP contribution in [0.3, 0.4) is 0 Å². The van der Waals surface area contributed by atoms with Crippen LogP contribution in [-0.2, 0) is 9.68 Å². The molecule has 0 atom stereocenters. The van der Waals surface area contributed by atoms with E-state index in [1.54, 1.807) is 0 Å². The van der Waals surface area contributed by atoms with Gasteiger partial charge >= 0.3 is 0 Å². The Morgan fingerprint density at radius 1 is 0.587 bits per heavy atom. The molecule has 0 spiro atoms. The molecule has 2 saturated carbocycles. The normalized spacial score (nSPS) is 26.5. The molecule has 0 amide bonds. The van der Waals surface area contributed by atoms with Gasteiger partial charge in [0.1, 0.15) is 0 Å². The molecule has 262 valence electrons. The molecule has 2 aliphatic heterocycles. The second-order valence-corrected chi connectivity index (χ2v) is 17.0. The van der Waals surface area contributed by atoms with E-state index in [0.29, 0.717) is 36.6 Å². The SMILES string of the molecule is CC1(C)CC(Nc2nc(NCCO)nc(NC3CC(C)(C)N(OC4CCCCC4)C(C)(C)C3)n2)CC(C)(C)N1OC1CCCCC1. The monoisotopic (exact) mass is 645 g/mol. The van der Waals surface area contributed by atoms with Crippen molar-refractivity contribution in [2.24, 2.45) is 0 Å². The summed E-state index contributed by atoms with van der Waals surface area (Å²) in [5.41, 5.74) is -0.636. The Bertz CT molecular complexity index is 1020. The molecule has 0 aromatic carbocycles. The van der Waals surface area contributed by atoms with E-state index >= 15 is 0 Å². The zero-order valence-electron chi connectivity index (χ0n) is 30.1. The summed E-state index contributed by atoms with van der Waals surface area (Å²) in [6, 6.07) is 0.324. The van der Waals surface area contributed by atoms with Crippen LogP contribution in [0.4, 0.5) is 17.8 Å². The number of aliphatic hydroxyl groups is 1. The first-order chi connectivity index (χ1) is 21.7. The summed E-state index contributed by atoms with van der Waals surface area (Å²) in [5, 5.41) is 24.6. The van der Waals surface area contributed by atoms with Crippen molar-refractivity contribution in [2.45, 2.75) is 192 Å². The topological polar surface area (TPSA) is 120 Å². The summed E-state index contributed by atoms with van der Waals surface area (Å²) in [6.07, 6.45) is 16.5. The lowest BCUT2D eigenvalue weighted by molar-refractivity contribution is -0.309. The first kappa shape index (κ1) is 35.5. The van der Waals surface area contributed by atoms with Crippen LogP contribution in [0.1, 0.15) is 145 Å². The van der Waals surface area contributed by atoms with Crippen LogP contribution in [0.2, 0.25) is 0 Å². The largest absolute Gasteiger partial charge is 0.395 e. The molecule has 4 N–H and O–H groups in total. The van der Waals surface area contributed by atoms with E-state index in [1.807, 2.05) is 0 Å². The van der Waals surface area contributed by atoms with E-state index in [0.717, 1.165) is 51.4 Å². The average Bonchev–Trinajstić information content (AvgIpc) is 2.96. The Morgan fingerprint density at radius 3 is 1.28 bits per heavy atom. The van der Waals surface area contributed by atoms with Crippen LogP contribution in [0.25, 0.3) is 0 Å². The number of hydroxylamine groups is 4. The Balaban J connectivity index is 1.29. The van der Waals surface area contributed by atoms with Gasteiger partial charge in [0.15, 0.2) is 0 Å². The molecule has 3 heterocycles. The zero-order chi connectivity index (χ0) is 33.2. The maximum Gasteiger partial charge on any atom is 0.229 e. The van der Waals surface area contributed by atoms with Crippen molar-refractivity contribution < 1.29 is 14.8 Å². The molecule has 1 aromatic heterocycles. The fourth-order valence-corrected chi connectivity index (χ4v) is 9.06. The van der Waals surface area contributed by atoms with E-state index < -0.39 is 0 Å². The lowest BCUT2D eigenvalue weighted by Gasteiger charge is -2.55. The van der Waals surface area contributed by atoms with Crippen LogP contribution in [-0.4, -0.2) is 89.8 Å². The van der Waals surface area contributed by atoms with Crippen molar-refractivity contribution in [3.63, 3.8) is 0 Å². The molecule has 5 rings (SSSR count). The highest BCUT2D eigenvalue weighted by Gasteiger charge is 2.49. The molecular formula is C35H64N8O3. The molecule has 0 unspecified atom stereocenters. The van der Waals surface area contributed by atoms with Crippen LogP contribution in [0, 0.1) is 0 Å². The molecule has 0 bridgehead atoms. The summed E-state index contributed by atoms with van der Waals surface area (Å²) in [7, 11) is 0. The van der Waals surface area contributed by atoms with Gasteiger partial charge in [0.25, 0.3) is 0 Å². The van der Waals surface area contributed by atoms with Crippen LogP contribution >= 0.6 is 0 Å². The fourth-order valence-electron chi connectivity index (χ4n) is 9.06. The van der Waals surface area contributed by atoms with Gasteiger partial charge in [-0.3, -0.25) is 9.68 Å². The van der Waals surface area contributed by atoms with Crippen molar-refractivity contribution in [2.75, 3.05) is 29.1 Å². The number of hydrogen-bond acceptors (Lipinski definition) is 11. The minimum atomic E-state index is -0.159. The number of piperidine rings is 2. The van der Waals surface area contributed by atoms with Crippen molar-refractivity contribution in [3.05, 3.63) is 0 Å². The summed E-state index contributed by atoms with van der Waals surface area (Å²) in [4.78, 5) is 27.8. The maximum absolute atomic E-state index is 9.51. The second kappa shape index (κ2) is 14.4. The van der Waals surface area contributed by atoms with Gasteiger partial charge in [0, 0.05) is 40.8 Å². The number of anilines is 3. The Hall–Kier alpha value is -1.79. The summed E-state index contributed by atoms with van der Waals surface area (Å²) in [6.45, 7) is 18.7. The van der Waals surface area contributed by atoms with Crippen LogP contribution in [0.5, 0.6) is 0 Å². The zero-order valence-corrected chi connectivity index (χ0v) is 30.1. The smallest absolute Gasteiger partial charge is 0.229 e. The molecule has 1 aromatic rings. The predicted octanol–water partition coefficient (Wildman–Crippen LogP) is 6.67. The minimum Gasteiger partial charge on any atom is -0.395 e. The van der Waals surface area contributed by atoms with Crippen molar-refractivity contribution in [3.8, 4) is 0 Å². The highest BCUT2D eigenvalue weighted by atomic mass is 16.7. The lowest BCUT2D eigenvalue weighted by Crippen LogP contribution is -2.63. The molecule has 46 heavy (non-hydrogen) atoms. The van der Waals surface area contributed by atoms with E-state index in [-0.39, 0.29) is 40.8 Å². The first-order valence-electron chi connectivity index (χ1n) is 18.2. The molecule has 11 nitrogen and oxygen atoms in total. The van der Waals surface area contributed by atoms with Gasteiger partial charge in [-0.05, 0) is 107 Å². The van der Waals surface area contributed by atoms with E-state index in [9.17, 15) is 5.11 Å². The first-order valence-corrected chi connectivity index (χ1v) is 18.2. The Morgan fingerprint density at radius 2 is 0.935 bits per heavy atom. The summed E-state index contributed by atoms with van der Waals surface area (Å²) >= 11 is 0. The van der Waals surface area contributed by atoms with Gasteiger partial charge in [-0.1, -0.05) is 38.5 Å². The molecule has 4 fully saturated rings. The molecular weight excluding hydrogens is 580 g/mol. The van der Waals surface area contributed by atoms with Gasteiger partial charge in [0.05, 0.1) is 18.8 Å². The fraction of sp³-hybridized carbons (Fsp3) is 0.914. The number of rotatable bonds is 11. The van der Waals surface area contributed by atoms with Crippen molar-refractivity contribution >= 4 is 17.8 Å². The quantitative estimate of drug-likeness (QED) is 0.207. The standard InChI is InChI=1S/C35H64N8O3/c1-32(2)21-25(22-33(3,4)42(32)45-27-15-11-9-12-16-27)37-30-39-29(36-19-20-44)40-31(41-30)38-26-23-34(5,6)43(35(7,8)24-26)46-28-17-13-10-14-18-28/h25-28,44H,9-24H2,1-8H3,(H3,36,37,38,39,40,41). The third-order valence-electron chi connectivity index (χ3n) is 10.5. The third-order valence-corrected chi connectivity index (χ3v) is 10.5. The van der Waals surface area contributed by atoms with Crippen molar-refractivity contribution in [1.29, 1.82) is 0 Å². The van der Waals surface area contributed by atoms with Gasteiger partial charge in [0.2, 0.25) is 17.8 Å². The van der Waals surface area contributed by atoms with Crippen LogP contribution in [0.15, 0.2) is 0 Å². The number of hydrogen-bond donors (Lipinski definition) is 4. The Labute approximate surface area is 278 Å². The molecule has 4 aliphatic rings. The highest BCUT2D eigenvalue weighted by molar-refractivity contribution is 5.43. The van der Waals surface area contributed by atoms with E-state index in [1.165, 1.54) is 38.5 Å². The average molecular weight is 645 g/mol. The molecule has 2 aliphatic carbocycles. The molecule has 0 radical (unpaired) electrons. The van der Waals surface area contributed by atoms with Gasteiger partial charge in [-0.15, -0.1) is 0 Å². The van der Waals surface area contributed by atoms with Gasteiger partial charge in [-0.2, -0.15) is 25.1 Å². The highest BCUT2D eigenvalue weighted by Crippen LogP contribution is 2.43. The van der Waals surface area contributed by atoms with Gasteiger partial charge < -0.3 is 21.1 Å². The number of nitrogens with zero attached hydrogens (tertiary/aromatic N) is 5. The third kappa shape index (κ3) is 8.81. The Kier molecular flexibility index (Phi) is 11.1. The van der Waals surface area contributed by atoms with E-state index in [2.05, 4.69) is 81.5 Å². The second-order valence-electron chi connectivity index (χ2n) is 17.0. The maximum atomic E-state index is 9.51. The van der Waals surface area contributed by atoms with Gasteiger partial charge in [-0.25, -0.2) is 0 Å².